The van der Waals surface area contributed by atoms with Gasteiger partial charge in [0, 0.05) is 0 Å². The van der Waals surface area contributed by atoms with Crippen molar-refractivity contribution in [3.8, 4) is 11.5 Å². The first-order valence-corrected chi connectivity index (χ1v) is 3.92. The quantitative estimate of drug-likeness (QED) is 0.625. The van der Waals surface area contributed by atoms with E-state index in [1.165, 1.54) is 0 Å². The summed E-state index contributed by atoms with van der Waals surface area (Å²) >= 11 is 0. The molecule has 0 bridgehead atoms. The van der Waals surface area contributed by atoms with Crippen LogP contribution in [0.2, 0.25) is 0 Å². The van der Waals surface area contributed by atoms with E-state index in [1.807, 2.05) is 25.1 Å². The number of nitrogens with two attached hydrogens (primary N) is 1. The topological polar surface area (TPSA) is 44.5 Å². The fraction of sp³-hybridized carbons (Fsp3) is 0.333. The van der Waals surface area contributed by atoms with Gasteiger partial charge in [-0.15, -0.1) is 0 Å². The van der Waals surface area contributed by atoms with E-state index in [1.54, 1.807) is 0 Å². The van der Waals surface area contributed by atoms with E-state index >= 15 is 0 Å². The first kappa shape index (κ1) is 7.43. The summed E-state index contributed by atoms with van der Waals surface area (Å²) in [4.78, 5) is 0. The predicted molar refractivity (Wildman–Crippen MR) is 45.3 cm³/mol. The zero-order valence-electron chi connectivity index (χ0n) is 6.91. The molecule has 2 N–H and O–H groups in total. The zero-order valence-corrected chi connectivity index (χ0v) is 6.91. The fourth-order valence-corrected chi connectivity index (χ4v) is 1.25. The van der Waals surface area contributed by atoms with Gasteiger partial charge in [-0.2, -0.15) is 0 Å². The van der Waals surface area contributed by atoms with Gasteiger partial charge in [-0.1, -0.05) is 12.1 Å². The van der Waals surface area contributed by atoms with E-state index < -0.39 is 0 Å². The molecule has 3 nitrogen and oxygen atoms in total. The van der Waals surface area contributed by atoms with E-state index in [2.05, 4.69) is 0 Å². The van der Waals surface area contributed by atoms with E-state index in [9.17, 15) is 0 Å². The molecule has 12 heavy (non-hydrogen) atoms. The Balaban J connectivity index is 2.43. The first-order valence-electron chi connectivity index (χ1n) is 3.92. The van der Waals surface area contributed by atoms with Crippen molar-refractivity contribution in [1.29, 1.82) is 0 Å². The van der Waals surface area contributed by atoms with Crippen LogP contribution in [-0.2, 0) is 0 Å². The average Bonchev–Trinajstić information content (AvgIpc) is 2.07. The van der Waals surface area contributed by atoms with Crippen LogP contribution in [-0.4, -0.2) is 12.8 Å². The summed E-state index contributed by atoms with van der Waals surface area (Å²) in [6, 6.07) is 5.79. The smallest absolute Gasteiger partial charge is 0.182 e. The number of ether oxygens (including phenoxy) is 2. The number of hydrogen-bond donors (Lipinski definition) is 1. The highest BCUT2D eigenvalue weighted by molar-refractivity contribution is 5.46. The number of hydrogen-bond acceptors (Lipinski definition) is 3. The molecular formula is C9H11NO2. The molecule has 1 heterocycles. The van der Waals surface area contributed by atoms with E-state index in [-0.39, 0.29) is 6.23 Å². The molecule has 0 amide bonds. The third-order valence-electron chi connectivity index (χ3n) is 1.85. The van der Waals surface area contributed by atoms with Gasteiger partial charge < -0.3 is 9.47 Å². The maximum atomic E-state index is 5.57. The lowest BCUT2D eigenvalue weighted by Gasteiger charge is -2.24. The lowest BCUT2D eigenvalue weighted by molar-refractivity contribution is 0.0948. The van der Waals surface area contributed by atoms with Crippen LogP contribution in [0.25, 0.3) is 0 Å². The molecule has 0 spiro atoms. The highest BCUT2D eigenvalue weighted by Gasteiger charge is 2.18. The maximum absolute atomic E-state index is 5.57. The third kappa shape index (κ3) is 1.12. The SMILES string of the molecule is Cc1cccc2c1OC(N)CO2. The van der Waals surface area contributed by atoms with Gasteiger partial charge in [-0.25, -0.2) is 0 Å². The summed E-state index contributed by atoms with van der Waals surface area (Å²) in [7, 11) is 0. The van der Waals surface area contributed by atoms with Crippen LogP contribution >= 0.6 is 0 Å². The standard InChI is InChI=1S/C9H11NO2/c1-6-3-2-4-7-9(6)12-8(10)5-11-7/h2-4,8H,5,10H2,1H3. The molecule has 0 radical (unpaired) electrons. The van der Waals surface area contributed by atoms with Gasteiger partial charge in [0.25, 0.3) is 0 Å². The normalized spacial score (nSPS) is 20.7. The van der Waals surface area contributed by atoms with E-state index in [0.717, 1.165) is 17.1 Å². The van der Waals surface area contributed by atoms with Crippen molar-refractivity contribution in [2.45, 2.75) is 13.2 Å². The van der Waals surface area contributed by atoms with Crippen LogP contribution in [0.5, 0.6) is 11.5 Å². The lowest BCUT2D eigenvalue weighted by atomic mass is 10.2. The summed E-state index contributed by atoms with van der Waals surface area (Å²) in [6.45, 7) is 2.40. The highest BCUT2D eigenvalue weighted by Crippen LogP contribution is 2.33. The zero-order chi connectivity index (χ0) is 8.55. The molecule has 1 aromatic rings. The predicted octanol–water partition coefficient (Wildman–Crippen LogP) is 1.05. The average molecular weight is 165 g/mol. The summed E-state index contributed by atoms with van der Waals surface area (Å²) in [5.41, 5.74) is 6.63. The van der Waals surface area contributed by atoms with Crippen molar-refractivity contribution in [1.82, 2.24) is 0 Å². The molecule has 1 aromatic carbocycles. The second-order valence-corrected chi connectivity index (χ2v) is 2.87. The van der Waals surface area contributed by atoms with Gasteiger partial charge in [-0.3, -0.25) is 5.73 Å². The van der Waals surface area contributed by atoms with Gasteiger partial charge in [-0.05, 0) is 18.6 Å². The Morgan fingerprint density at radius 2 is 2.33 bits per heavy atom. The molecular weight excluding hydrogens is 154 g/mol. The van der Waals surface area contributed by atoms with Crippen LogP contribution in [0, 0.1) is 6.92 Å². The van der Waals surface area contributed by atoms with Gasteiger partial charge >= 0.3 is 0 Å². The number of rotatable bonds is 0. The molecule has 0 aromatic heterocycles. The molecule has 64 valence electrons. The van der Waals surface area contributed by atoms with Crippen molar-refractivity contribution >= 4 is 0 Å². The van der Waals surface area contributed by atoms with Gasteiger partial charge in [0.15, 0.2) is 17.7 Å². The van der Waals surface area contributed by atoms with E-state index in [0.29, 0.717) is 6.61 Å². The molecule has 0 fully saturated rings. The van der Waals surface area contributed by atoms with Crippen LogP contribution in [0.4, 0.5) is 0 Å². The molecule has 0 aliphatic carbocycles. The van der Waals surface area contributed by atoms with Gasteiger partial charge in [0.05, 0.1) is 0 Å². The number of benzene rings is 1. The largest absolute Gasteiger partial charge is 0.484 e. The minimum atomic E-state index is -0.335. The number of aryl methyl sites for hydroxylation is 1. The molecule has 2 rings (SSSR count). The molecule has 1 unspecified atom stereocenters. The Morgan fingerprint density at radius 3 is 3.17 bits per heavy atom. The van der Waals surface area contributed by atoms with Crippen molar-refractivity contribution in [2.75, 3.05) is 6.61 Å². The Morgan fingerprint density at radius 1 is 1.50 bits per heavy atom. The van der Waals surface area contributed by atoms with Gasteiger partial charge in [0.2, 0.25) is 0 Å². The lowest BCUT2D eigenvalue weighted by Crippen LogP contribution is -2.37. The van der Waals surface area contributed by atoms with Crippen molar-refractivity contribution in [3.05, 3.63) is 23.8 Å². The second-order valence-electron chi connectivity index (χ2n) is 2.87. The molecule has 0 saturated heterocycles. The summed E-state index contributed by atoms with van der Waals surface area (Å²) in [5, 5.41) is 0. The fourth-order valence-electron chi connectivity index (χ4n) is 1.25. The molecule has 1 aliphatic rings. The number of fused-ring (bicyclic) bond motifs is 1. The Kier molecular flexibility index (Phi) is 1.66. The third-order valence-corrected chi connectivity index (χ3v) is 1.85. The van der Waals surface area contributed by atoms with Crippen LogP contribution in [0.1, 0.15) is 5.56 Å². The van der Waals surface area contributed by atoms with Crippen molar-refractivity contribution in [3.63, 3.8) is 0 Å². The van der Waals surface area contributed by atoms with Crippen LogP contribution in [0.15, 0.2) is 18.2 Å². The summed E-state index contributed by atoms with van der Waals surface area (Å²) in [5.74, 6) is 1.56. The van der Waals surface area contributed by atoms with Gasteiger partial charge in [0.1, 0.15) is 6.61 Å². The minimum absolute atomic E-state index is 0.335. The molecule has 3 heteroatoms. The highest BCUT2D eigenvalue weighted by atomic mass is 16.6. The monoisotopic (exact) mass is 165 g/mol. The maximum Gasteiger partial charge on any atom is 0.182 e. The minimum Gasteiger partial charge on any atom is -0.484 e. The first-order chi connectivity index (χ1) is 5.77. The van der Waals surface area contributed by atoms with Crippen LogP contribution < -0.4 is 15.2 Å². The van der Waals surface area contributed by atoms with E-state index in [4.69, 9.17) is 15.2 Å². The Bertz CT molecular complexity index is 299. The summed E-state index contributed by atoms with van der Waals surface area (Å²) in [6.07, 6.45) is -0.335. The molecule has 1 aliphatic heterocycles. The Labute approximate surface area is 71.1 Å². The van der Waals surface area contributed by atoms with Crippen LogP contribution in [0.3, 0.4) is 0 Å². The summed E-state index contributed by atoms with van der Waals surface area (Å²) < 4.78 is 10.8. The van der Waals surface area contributed by atoms with Crippen molar-refractivity contribution in [2.24, 2.45) is 5.73 Å². The molecule has 0 saturated carbocycles. The second kappa shape index (κ2) is 2.68. The Hall–Kier alpha value is -1.22. The molecule has 1 atom stereocenters. The number of para-hydroxylation sites is 1. The van der Waals surface area contributed by atoms with Crippen molar-refractivity contribution < 1.29 is 9.47 Å².